The summed E-state index contributed by atoms with van der Waals surface area (Å²) in [6.07, 6.45) is 0. The van der Waals surface area contributed by atoms with Crippen LogP contribution in [0.2, 0.25) is 0 Å². The van der Waals surface area contributed by atoms with Crippen LogP contribution in [0.1, 0.15) is 17.3 Å². The first-order valence-electron chi connectivity index (χ1n) is 4.88. The zero-order chi connectivity index (χ0) is 12.0. The van der Waals surface area contributed by atoms with E-state index in [4.69, 9.17) is 0 Å². The first kappa shape index (κ1) is 12.7. The van der Waals surface area contributed by atoms with Gasteiger partial charge in [-0.05, 0) is 18.2 Å². The van der Waals surface area contributed by atoms with Gasteiger partial charge in [-0.3, -0.25) is 9.59 Å². The van der Waals surface area contributed by atoms with Crippen LogP contribution < -0.4 is 10.6 Å². The Morgan fingerprint density at radius 3 is 2.56 bits per heavy atom. The quantitative estimate of drug-likeness (QED) is 0.820. The molecule has 0 fully saturated rings. The normalized spacial score (nSPS) is 9.62. The highest BCUT2D eigenvalue weighted by atomic mass is 79.9. The number of benzene rings is 1. The minimum atomic E-state index is -0.147. The van der Waals surface area contributed by atoms with E-state index in [2.05, 4.69) is 26.6 Å². The number of carbonyl (C=O) groups is 2. The van der Waals surface area contributed by atoms with Gasteiger partial charge in [-0.1, -0.05) is 22.0 Å². The lowest BCUT2D eigenvalue weighted by molar-refractivity contribution is -0.118. The maximum Gasteiger partial charge on any atom is 0.251 e. The van der Waals surface area contributed by atoms with E-state index in [0.29, 0.717) is 18.7 Å². The van der Waals surface area contributed by atoms with E-state index < -0.39 is 0 Å². The van der Waals surface area contributed by atoms with E-state index in [9.17, 15) is 9.59 Å². The molecule has 0 spiro atoms. The molecule has 0 atom stereocenters. The van der Waals surface area contributed by atoms with E-state index in [-0.39, 0.29) is 11.8 Å². The summed E-state index contributed by atoms with van der Waals surface area (Å²) in [6.45, 7) is 2.30. The second-order valence-electron chi connectivity index (χ2n) is 3.25. The van der Waals surface area contributed by atoms with Gasteiger partial charge in [-0.25, -0.2) is 0 Å². The molecule has 86 valence electrons. The SMILES string of the molecule is CC(=O)NCCNC(=O)c1cccc(Br)c1. The summed E-state index contributed by atoms with van der Waals surface area (Å²) in [4.78, 5) is 22.2. The molecule has 0 aliphatic rings. The van der Waals surface area contributed by atoms with Crippen molar-refractivity contribution in [2.75, 3.05) is 13.1 Å². The van der Waals surface area contributed by atoms with Crippen LogP contribution in [-0.2, 0) is 4.79 Å². The smallest absolute Gasteiger partial charge is 0.251 e. The molecule has 0 unspecified atom stereocenters. The Morgan fingerprint density at radius 2 is 1.94 bits per heavy atom. The number of hydrogen-bond donors (Lipinski definition) is 2. The molecule has 16 heavy (non-hydrogen) atoms. The number of hydrogen-bond acceptors (Lipinski definition) is 2. The van der Waals surface area contributed by atoms with Crippen molar-refractivity contribution in [3.63, 3.8) is 0 Å². The van der Waals surface area contributed by atoms with E-state index in [1.54, 1.807) is 18.2 Å². The molecule has 5 heteroatoms. The first-order valence-corrected chi connectivity index (χ1v) is 5.67. The molecule has 4 nitrogen and oxygen atoms in total. The topological polar surface area (TPSA) is 58.2 Å². The highest BCUT2D eigenvalue weighted by molar-refractivity contribution is 9.10. The zero-order valence-electron chi connectivity index (χ0n) is 8.92. The second kappa shape index (κ2) is 6.27. The third-order valence-corrected chi connectivity index (χ3v) is 2.36. The molecule has 0 aliphatic heterocycles. The summed E-state index contributed by atoms with van der Waals surface area (Å²) in [5.41, 5.74) is 0.595. The van der Waals surface area contributed by atoms with Gasteiger partial charge in [0.25, 0.3) is 5.91 Å². The largest absolute Gasteiger partial charge is 0.355 e. The van der Waals surface area contributed by atoms with Crippen LogP contribution in [0.15, 0.2) is 28.7 Å². The summed E-state index contributed by atoms with van der Waals surface area (Å²) in [7, 11) is 0. The van der Waals surface area contributed by atoms with Crippen LogP contribution in [-0.4, -0.2) is 24.9 Å². The van der Waals surface area contributed by atoms with Crippen molar-refractivity contribution in [1.82, 2.24) is 10.6 Å². The molecule has 0 saturated heterocycles. The van der Waals surface area contributed by atoms with Crippen LogP contribution >= 0.6 is 15.9 Å². The molecule has 0 aromatic heterocycles. The molecular formula is C11H13BrN2O2. The Morgan fingerprint density at radius 1 is 1.25 bits per heavy atom. The van der Waals surface area contributed by atoms with Crippen LogP contribution in [0.5, 0.6) is 0 Å². The van der Waals surface area contributed by atoms with Gasteiger partial charge >= 0.3 is 0 Å². The summed E-state index contributed by atoms with van der Waals surface area (Å²) in [5.74, 6) is -0.247. The molecule has 0 bridgehead atoms. The van der Waals surface area contributed by atoms with Crippen molar-refractivity contribution >= 4 is 27.7 Å². The number of amides is 2. The lowest BCUT2D eigenvalue weighted by Crippen LogP contribution is -2.33. The Hall–Kier alpha value is -1.36. The summed E-state index contributed by atoms with van der Waals surface area (Å²) in [6, 6.07) is 7.13. The van der Waals surface area contributed by atoms with Crippen LogP contribution in [0.25, 0.3) is 0 Å². The van der Waals surface area contributed by atoms with Crippen LogP contribution in [0, 0.1) is 0 Å². The van der Waals surface area contributed by atoms with Gasteiger partial charge in [0, 0.05) is 30.0 Å². The van der Waals surface area contributed by atoms with Crippen LogP contribution in [0.3, 0.4) is 0 Å². The fourth-order valence-corrected chi connectivity index (χ4v) is 1.55. The van der Waals surface area contributed by atoms with Gasteiger partial charge in [0.15, 0.2) is 0 Å². The van der Waals surface area contributed by atoms with Gasteiger partial charge in [0.1, 0.15) is 0 Å². The minimum Gasteiger partial charge on any atom is -0.355 e. The maximum atomic E-state index is 11.6. The maximum absolute atomic E-state index is 11.6. The average Bonchev–Trinajstić information content (AvgIpc) is 2.24. The molecule has 0 radical (unpaired) electrons. The molecular weight excluding hydrogens is 272 g/mol. The van der Waals surface area contributed by atoms with Gasteiger partial charge < -0.3 is 10.6 Å². The highest BCUT2D eigenvalue weighted by Gasteiger charge is 2.04. The molecule has 1 aromatic rings. The lowest BCUT2D eigenvalue weighted by Gasteiger charge is -2.05. The van der Waals surface area contributed by atoms with Gasteiger partial charge in [-0.2, -0.15) is 0 Å². The Bertz CT molecular complexity index is 393. The van der Waals surface area contributed by atoms with Gasteiger partial charge in [0.05, 0.1) is 0 Å². The molecule has 1 rings (SSSR count). The fraction of sp³-hybridized carbons (Fsp3) is 0.273. The summed E-state index contributed by atoms with van der Waals surface area (Å²) in [5, 5.41) is 5.31. The Kier molecular flexibility index (Phi) is 4.98. The van der Waals surface area contributed by atoms with E-state index in [0.717, 1.165) is 4.47 Å². The molecule has 1 aromatic carbocycles. The van der Waals surface area contributed by atoms with Crippen molar-refractivity contribution in [1.29, 1.82) is 0 Å². The number of halogens is 1. The van der Waals surface area contributed by atoms with Crippen molar-refractivity contribution in [2.45, 2.75) is 6.92 Å². The molecule has 2 amide bonds. The Labute approximate surface area is 103 Å². The average molecular weight is 285 g/mol. The van der Waals surface area contributed by atoms with Crippen LogP contribution in [0.4, 0.5) is 0 Å². The van der Waals surface area contributed by atoms with Gasteiger partial charge in [-0.15, -0.1) is 0 Å². The number of nitrogens with one attached hydrogen (secondary N) is 2. The third-order valence-electron chi connectivity index (χ3n) is 1.87. The predicted molar refractivity (Wildman–Crippen MR) is 65.2 cm³/mol. The molecule has 0 heterocycles. The van der Waals surface area contributed by atoms with Crippen molar-refractivity contribution in [3.05, 3.63) is 34.3 Å². The van der Waals surface area contributed by atoms with Crippen molar-refractivity contribution in [2.24, 2.45) is 0 Å². The van der Waals surface area contributed by atoms with E-state index in [1.165, 1.54) is 6.92 Å². The predicted octanol–water partition coefficient (Wildman–Crippen LogP) is 1.31. The third kappa shape index (κ3) is 4.44. The highest BCUT2D eigenvalue weighted by Crippen LogP contribution is 2.11. The summed E-state index contributed by atoms with van der Waals surface area (Å²) >= 11 is 3.29. The van der Waals surface area contributed by atoms with E-state index >= 15 is 0 Å². The zero-order valence-corrected chi connectivity index (χ0v) is 10.5. The lowest BCUT2D eigenvalue weighted by atomic mass is 10.2. The van der Waals surface area contributed by atoms with Gasteiger partial charge in [0.2, 0.25) is 5.91 Å². The van der Waals surface area contributed by atoms with Crippen molar-refractivity contribution < 1.29 is 9.59 Å². The second-order valence-corrected chi connectivity index (χ2v) is 4.16. The standard InChI is InChI=1S/C11H13BrN2O2/c1-8(15)13-5-6-14-11(16)9-3-2-4-10(12)7-9/h2-4,7H,5-6H2,1H3,(H,13,15)(H,14,16). The fourth-order valence-electron chi connectivity index (χ4n) is 1.15. The first-order chi connectivity index (χ1) is 7.59. The number of rotatable bonds is 4. The monoisotopic (exact) mass is 284 g/mol. The van der Waals surface area contributed by atoms with Crippen molar-refractivity contribution in [3.8, 4) is 0 Å². The number of carbonyl (C=O) groups excluding carboxylic acids is 2. The Balaban J connectivity index is 2.38. The molecule has 0 saturated carbocycles. The molecule has 0 aliphatic carbocycles. The van der Waals surface area contributed by atoms with E-state index in [1.807, 2.05) is 6.07 Å². The minimum absolute atomic E-state index is 0.100. The summed E-state index contributed by atoms with van der Waals surface area (Å²) < 4.78 is 0.863. The molecule has 2 N–H and O–H groups in total.